The van der Waals surface area contributed by atoms with Gasteiger partial charge in [-0.25, -0.2) is 0 Å². The number of hydrogen-bond donors (Lipinski definition) is 1. The van der Waals surface area contributed by atoms with Crippen molar-refractivity contribution in [3.8, 4) is 0 Å². The molecule has 0 rings (SSSR count). The van der Waals surface area contributed by atoms with Gasteiger partial charge in [-0.3, -0.25) is 0 Å². The maximum atomic E-state index is 8.51. The maximum Gasteiger partial charge on any atom is 0.0545 e. The smallest absolute Gasteiger partial charge is 0.0545 e. The standard InChI is InChI=1S/C10H21NO/c1-5-6-7-10(3,4)8-9(2)11-12/h12H,5-8H2,1-4H3. The molecule has 0 atom stereocenters. The molecular weight excluding hydrogens is 150 g/mol. The van der Waals surface area contributed by atoms with Crippen molar-refractivity contribution in [1.29, 1.82) is 0 Å². The Bertz CT molecular complexity index is 150. The van der Waals surface area contributed by atoms with Crippen LogP contribution in [0.15, 0.2) is 5.16 Å². The molecule has 0 amide bonds. The molecule has 0 saturated heterocycles. The van der Waals surface area contributed by atoms with E-state index in [1.54, 1.807) is 0 Å². The van der Waals surface area contributed by atoms with Crippen LogP contribution in [0.1, 0.15) is 53.4 Å². The van der Waals surface area contributed by atoms with Gasteiger partial charge in [0.15, 0.2) is 0 Å². The van der Waals surface area contributed by atoms with E-state index in [0.29, 0.717) is 0 Å². The lowest BCUT2D eigenvalue weighted by Gasteiger charge is -2.23. The van der Waals surface area contributed by atoms with Gasteiger partial charge >= 0.3 is 0 Å². The second kappa shape index (κ2) is 5.18. The maximum absolute atomic E-state index is 8.51. The summed E-state index contributed by atoms with van der Waals surface area (Å²) in [5.41, 5.74) is 1.11. The molecule has 0 saturated carbocycles. The molecule has 0 aliphatic heterocycles. The van der Waals surface area contributed by atoms with Gasteiger partial charge < -0.3 is 5.21 Å². The molecule has 0 bridgehead atoms. The van der Waals surface area contributed by atoms with E-state index in [0.717, 1.165) is 12.1 Å². The molecule has 2 heteroatoms. The molecule has 2 nitrogen and oxygen atoms in total. The van der Waals surface area contributed by atoms with Crippen LogP contribution < -0.4 is 0 Å². The Morgan fingerprint density at radius 1 is 1.42 bits per heavy atom. The highest BCUT2D eigenvalue weighted by molar-refractivity contribution is 5.81. The Kier molecular flexibility index (Phi) is 4.95. The largest absolute Gasteiger partial charge is 0.411 e. The predicted octanol–water partition coefficient (Wildman–Crippen LogP) is 3.44. The minimum atomic E-state index is 0.284. The molecule has 0 heterocycles. The summed E-state index contributed by atoms with van der Waals surface area (Å²) in [6.07, 6.45) is 4.59. The number of rotatable bonds is 5. The Hall–Kier alpha value is -0.530. The van der Waals surface area contributed by atoms with Crippen LogP contribution >= 0.6 is 0 Å². The van der Waals surface area contributed by atoms with Crippen molar-refractivity contribution >= 4 is 5.71 Å². The molecule has 72 valence electrons. The van der Waals surface area contributed by atoms with E-state index in [1.165, 1.54) is 19.3 Å². The summed E-state index contributed by atoms with van der Waals surface area (Å²) in [5, 5.41) is 11.7. The number of oxime groups is 1. The molecule has 1 N–H and O–H groups in total. The zero-order chi connectivity index (χ0) is 9.61. The van der Waals surface area contributed by atoms with Gasteiger partial charge in [0.1, 0.15) is 0 Å². The van der Waals surface area contributed by atoms with Crippen LogP contribution in [0.3, 0.4) is 0 Å². The summed E-state index contributed by atoms with van der Waals surface area (Å²) < 4.78 is 0. The monoisotopic (exact) mass is 171 g/mol. The first-order valence-corrected chi connectivity index (χ1v) is 4.69. The van der Waals surface area contributed by atoms with Crippen LogP contribution in [0, 0.1) is 5.41 Å². The van der Waals surface area contributed by atoms with Crippen molar-refractivity contribution in [2.24, 2.45) is 10.6 Å². The van der Waals surface area contributed by atoms with Crippen molar-refractivity contribution in [3.63, 3.8) is 0 Å². The van der Waals surface area contributed by atoms with E-state index in [9.17, 15) is 0 Å². The van der Waals surface area contributed by atoms with E-state index in [-0.39, 0.29) is 5.41 Å². The second-order valence-electron chi connectivity index (χ2n) is 4.28. The molecule has 0 spiro atoms. The van der Waals surface area contributed by atoms with Crippen molar-refractivity contribution in [2.75, 3.05) is 0 Å². The van der Waals surface area contributed by atoms with Crippen molar-refractivity contribution in [1.82, 2.24) is 0 Å². The summed E-state index contributed by atoms with van der Waals surface area (Å²) in [5.74, 6) is 0. The average Bonchev–Trinajstić information content (AvgIpc) is 2.00. The summed E-state index contributed by atoms with van der Waals surface area (Å²) in [4.78, 5) is 0. The number of unbranched alkanes of at least 4 members (excludes halogenated alkanes) is 1. The molecule has 0 aliphatic carbocycles. The predicted molar refractivity (Wildman–Crippen MR) is 52.8 cm³/mol. The molecule has 0 aromatic rings. The fraction of sp³-hybridized carbons (Fsp3) is 0.900. The van der Waals surface area contributed by atoms with Gasteiger partial charge in [-0.1, -0.05) is 38.8 Å². The zero-order valence-electron chi connectivity index (χ0n) is 8.72. The first-order chi connectivity index (χ1) is 5.52. The Morgan fingerprint density at radius 2 is 2.00 bits per heavy atom. The molecule has 0 unspecified atom stereocenters. The minimum Gasteiger partial charge on any atom is -0.411 e. The summed E-state index contributed by atoms with van der Waals surface area (Å²) >= 11 is 0. The highest BCUT2D eigenvalue weighted by Gasteiger charge is 2.18. The number of nitrogens with zero attached hydrogens (tertiary/aromatic N) is 1. The summed E-state index contributed by atoms with van der Waals surface area (Å²) in [6, 6.07) is 0. The molecule has 0 aliphatic rings. The van der Waals surface area contributed by atoms with E-state index in [2.05, 4.69) is 25.9 Å². The van der Waals surface area contributed by atoms with Crippen molar-refractivity contribution in [2.45, 2.75) is 53.4 Å². The lowest BCUT2D eigenvalue weighted by molar-refractivity contribution is 0.301. The third-order valence-corrected chi connectivity index (χ3v) is 2.11. The number of hydrogen-bond acceptors (Lipinski definition) is 2. The van der Waals surface area contributed by atoms with Crippen LogP contribution in [-0.2, 0) is 0 Å². The molecule has 0 radical (unpaired) electrons. The Balaban J connectivity index is 3.86. The van der Waals surface area contributed by atoms with Gasteiger partial charge in [0.25, 0.3) is 0 Å². The van der Waals surface area contributed by atoms with Crippen molar-refractivity contribution < 1.29 is 5.21 Å². The summed E-state index contributed by atoms with van der Waals surface area (Å²) in [7, 11) is 0. The third kappa shape index (κ3) is 5.16. The van der Waals surface area contributed by atoms with Gasteiger partial charge in [-0.2, -0.15) is 0 Å². The minimum absolute atomic E-state index is 0.284. The first kappa shape index (κ1) is 11.5. The van der Waals surface area contributed by atoms with Crippen molar-refractivity contribution in [3.05, 3.63) is 0 Å². The quantitative estimate of drug-likeness (QED) is 0.383. The topological polar surface area (TPSA) is 32.6 Å². The fourth-order valence-corrected chi connectivity index (χ4v) is 1.47. The third-order valence-electron chi connectivity index (χ3n) is 2.11. The van der Waals surface area contributed by atoms with Gasteiger partial charge in [-0.15, -0.1) is 0 Å². The van der Waals surface area contributed by atoms with Gasteiger partial charge in [0, 0.05) is 0 Å². The van der Waals surface area contributed by atoms with Gasteiger partial charge in [-0.05, 0) is 25.2 Å². The Labute approximate surface area is 75.7 Å². The van der Waals surface area contributed by atoms with Gasteiger partial charge in [0.2, 0.25) is 0 Å². The van der Waals surface area contributed by atoms with Gasteiger partial charge in [0.05, 0.1) is 5.71 Å². The fourth-order valence-electron chi connectivity index (χ4n) is 1.47. The first-order valence-electron chi connectivity index (χ1n) is 4.69. The van der Waals surface area contributed by atoms with E-state index in [1.807, 2.05) is 6.92 Å². The molecule has 0 aromatic carbocycles. The normalized spacial score (nSPS) is 13.5. The Morgan fingerprint density at radius 3 is 2.42 bits per heavy atom. The second-order valence-corrected chi connectivity index (χ2v) is 4.28. The lowest BCUT2D eigenvalue weighted by Crippen LogP contribution is -2.15. The van der Waals surface area contributed by atoms with Crippen LogP contribution in [0.4, 0.5) is 0 Å². The van der Waals surface area contributed by atoms with Crippen LogP contribution in [0.5, 0.6) is 0 Å². The average molecular weight is 171 g/mol. The SMILES string of the molecule is CCCCC(C)(C)CC(C)=NO. The molecule has 0 aromatic heterocycles. The van der Waals surface area contributed by atoms with Crippen LogP contribution in [0.25, 0.3) is 0 Å². The highest BCUT2D eigenvalue weighted by atomic mass is 16.4. The summed E-state index contributed by atoms with van der Waals surface area (Å²) in [6.45, 7) is 8.51. The highest BCUT2D eigenvalue weighted by Crippen LogP contribution is 2.27. The lowest BCUT2D eigenvalue weighted by atomic mass is 9.82. The van der Waals surface area contributed by atoms with E-state index in [4.69, 9.17) is 5.21 Å². The molecule has 0 fully saturated rings. The van der Waals surface area contributed by atoms with Crippen LogP contribution in [0.2, 0.25) is 0 Å². The zero-order valence-corrected chi connectivity index (χ0v) is 8.72. The molecule has 12 heavy (non-hydrogen) atoms. The van der Waals surface area contributed by atoms with E-state index < -0.39 is 0 Å². The van der Waals surface area contributed by atoms with E-state index >= 15 is 0 Å². The molecular formula is C10H21NO. The van der Waals surface area contributed by atoms with Crippen LogP contribution in [-0.4, -0.2) is 10.9 Å².